The summed E-state index contributed by atoms with van der Waals surface area (Å²) < 4.78 is 0. The van der Waals surface area contributed by atoms with Gasteiger partial charge in [0.2, 0.25) is 0 Å². The molecule has 3 nitrogen and oxygen atoms in total. The minimum atomic E-state index is -0.251. The van der Waals surface area contributed by atoms with Gasteiger partial charge in [0.15, 0.2) is 0 Å². The summed E-state index contributed by atoms with van der Waals surface area (Å²) in [5.74, 6) is 0. The summed E-state index contributed by atoms with van der Waals surface area (Å²) in [6, 6.07) is 0. The van der Waals surface area contributed by atoms with Crippen LogP contribution in [0.25, 0.3) is 0 Å². The summed E-state index contributed by atoms with van der Waals surface area (Å²) in [6.07, 6.45) is 53.4. The van der Waals surface area contributed by atoms with Gasteiger partial charge in [-0.25, -0.2) is 0 Å². The van der Waals surface area contributed by atoms with E-state index in [4.69, 9.17) is 0 Å². The average Bonchev–Trinajstić information content (AvgIpc) is 3.12. The van der Waals surface area contributed by atoms with Gasteiger partial charge in [0.05, 0.1) is 12.2 Å². The Balaban J connectivity index is 4.19. The maximum Gasteiger partial charge on any atom is 0.0667 e. The van der Waals surface area contributed by atoms with Gasteiger partial charge in [0.25, 0.3) is 0 Å². The summed E-state index contributed by atoms with van der Waals surface area (Å²) in [6.45, 7) is 9.40. The molecule has 0 bridgehead atoms. The topological polar surface area (TPSA) is 43.7 Å². The molecule has 0 aliphatic carbocycles. The number of aliphatic hydroxyl groups is 2. The predicted octanol–water partition coefficient (Wildman–Crippen LogP) is 15.7. The lowest BCUT2D eigenvalue weighted by molar-refractivity contribution is 0.0596. The van der Waals surface area contributed by atoms with Crippen molar-refractivity contribution in [2.24, 2.45) is 0 Å². The minimum Gasteiger partial charge on any atom is -0.392 e. The summed E-state index contributed by atoms with van der Waals surface area (Å²) in [5, 5.41) is 21.9. The first kappa shape index (κ1) is 50.9. The number of unbranched alkanes of at least 4 members (excludes halogenated alkanes) is 35. The van der Waals surface area contributed by atoms with Crippen LogP contribution in [-0.4, -0.2) is 47.0 Å². The van der Waals surface area contributed by atoms with Crippen molar-refractivity contribution in [3.63, 3.8) is 0 Å². The van der Waals surface area contributed by atoms with Gasteiger partial charge in [-0.1, -0.05) is 258 Å². The van der Waals surface area contributed by atoms with Crippen LogP contribution < -0.4 is 0 Å². The molecule has 2 atom stereocenters. The molecule has 308 valence electrons. The SMILES string of the molecule is CCCCCCCCCCCCCCCCN(CC(O)CCCCCCCCCCCCCC)CC(O)CCCCCCCCCCCCCC. The zero-order valence-electron chi connectivity index (χ0n) is 35.9. The number of hydrogen-bond donors (Lipinski definition) is 2. The largest absolute Gasteiger partial charge is 0.392 e. The third-order valence-corrected chi connectivity index (χ3v) is 11.5. The van der Waals surface area contributed by atoms with Crippen LogP contribution >= 0.6 is 0 Å². The van der Waals surface area contributed by atoms with Crippen LogP contribution in [0.4, 0.5) is 0 Å². The van der Waals surface area contributed by atoms with Gasteiger partial charge in [0.1, 0.15) is 0 Å². The molecule has 0 aromatic carbocycles. The fourth-order valence-electron chi connectivity index (χ4n) is 8.01. The molecule has 51 heavy (non-hydrogen) atoms. The molecule has 0 aliphatic heterocycles. The van der Waals surface area contributed by atoms with E-state index in [1.54, 1.807) is 0 Å². The summed E-state index contributed by atoms with van der Waals surface area (Å²) >= 11 is 0. The highest BCUT2D eigenvalue weighted by Crippen LogP contribution is 2.17. The van der Waals surface area contributed by atoms with E-state index < -0.39 is 0 Å². The van der Waals surface area contributed by atoms with Crippen molar-refractivity contribution < 1.29 is 10.2 Å². The second-order valence-electron chi connectivity index (χ2n) is 17.0. The quantitative estimate of drug-likeness (QED) is 0.0615. The Labute approximate surface area is 323 Å². The van der Waals surface area contributed by atoms with Crippen LogP contribution in [0.5, 0.6) is 0 Å². The highest BCUT2D eigenvalue weighted by Gasteiger charge is 2.16. The number of rotatable bonds is 45. The Morgan fingerprint density at radius 3 is 0.706 bits per heavy atom. The average molecular weight is 722 g/mol. The number of aliphatic hydroxyl groups excluding tert-OH is 2. The number of nitrogens with zero attached hydrogens (tertiary/aromatic N) is 1. The van der Waals surface area contributed by atoms with Crippen molar-refractivity contribution in [2.75, 3.05) is 19.6 Å². The van der Waals surface area contributed by atoms with E-state index in [9.17, 15) is 10.2 Å². The van der Waals surface area contributed by atoms with E-state index in [2.05, 4.69) is 25.7 Å². The third kappa shape index (κ3) is 42.5. The van der Waals surface area contributed by atoms with Gasteiger partial charge in [-0.15, -0.1) is 0 Å². The maximum absolute atomic E-state index is 11.0. The standard InChI is InChI=1S/C48H99NO2/c1-4-7-10-13-16-19-22-25-26-29-32-35-38-41-44-49(45-47(50)42-39-36-33-30-27-23-20-17-14-11-8-5-2)46-48(51)43-40-37-34-31-28-24-21-18-15-12-9-6-3/h47-48,50-51H,4-46H2,1-3H3. The lowest BCUT2D eigenvalue weighted by Gasteiger charge is -2.27. The van der Waals surface area contributed by atoms with E-state index in [0.717, 1.165) is 45.3 Å². The van der Waals surface area contributed by atoms with Gasteiger partial charge in [-0.3, -0.25) is 4.90 Å². The summed E-state index contributed by atoms with van der Waals surface area (Å²) in [4.78, 5) is 2.41. The van der Waals surface area contributed by atoms with Crippen molar-refractivity contribution in [1.82, 2.24) is 4.90 Å². The van der Waals surface area contributed by atoms with Crippen molar-refractivity contribution in [2.45, 2.75) is 290 Å². The molecule has 0 amide bonds. The Kier molecular flexibility index (Phi) is 44.2. The van der Waals surface area contributed by atoms with Crippen LogP contribution in [0.15, 0.2) is 0 Å². The van der Waals surface area contributed by atoms with Gasteiger partial charge < -0.3 is 10.2 Å². The smallest absolute Gasteiger partial charge is 0.0667 e. The molecule has 3 heteroatoms. The molecular weight excluding hydrogens is 623 g/mol. The summed E-state index contributed by atoms with van der Waals surface area (Å²) in [7, 11) is 0. The molecule has 0 spiro atoms. The van der Waals surface area contributed by atoms with Crippen molar-refractivity contribution in [3.05, 3.63) is 0 Å². The van der Waals surface area contributed by atoms with E-state index >= 15 is 0 Å². The first-order valence-corrected chi connectivity index (χ1v) is 24.2. The maximum atomic E-state index is 11.0. The Hall–Kier alpha value is -0.120. The van der Waals surface area contributed by atoms with Crippen LogP contribution in [0.2, 0.25) is 0 Å². The highest BCUT2D eigenvalue weighted by molar-refractivity contribution is 4.70. The molecule has 0 saturated heterocycles. The highest BCUT2D eigenvalue weighted by atomic mass is 16.3. The Bertz CT molecular complexity index is 576. The van der Waals surface area contributed by atoms with Crippen LogP contribution in [-0.2, 0) is 0 Å². The molecule has 0 rings (SSSR count). The van der Waals surface area contributed by atoms with Crippen LogP contribution in [0.3, 0.4) is 0 Å². The first-order valence-electron chi connectivity index (χ1n) is 24.2. The molecule has 2 unspecified atom stereocenters. The fourth-order valence-corrected chi connectivity index (χ4v) is 8.01. The monoisotopic (exact) mass is 722 g/mol. The van der Waals surface area contributed by atoms with E-state index in [-0.39, 0.29) is 12.2 Å². The second-order valence-corrected chi connectivity index (χ2v) is 17.0. The van der Waals surface area contributed by atoms with Gasteiger partial charge in [-0.2, -0.15) is 0 Å². The molecule has 0 radical (unpaired) electrons. The zero-order valence-corrected chi connectivity index (χ0v) is 35.9. The molecule has 0 heterocycles. The normalized spacial score (nSPS) is 13.1. The zero-order chi connectivity index (χ0) is 37.1. The minimum absolute atomic E-state index is 0.251. The first-order chi connectivity index (χ1) is 25.1. The second kappa shape index (κ2) is 44.3. The van der Waals surface area contributed by atoms with Crippen molar-refractivity contribution in [1.29, 1.82) is 0 Å². The Morgan fingerprint density at radius 1 is 0.275 bits per heavy atom. The molecule has 0 aromatic heterocycles. The van der Waals surface area contributed by atoms with Gasteiger partial charge in [-0.05, 0) is 25.8 Å². The molecule has 0 saturated carbocycles. The summed E-state index contributed by atoms with van der Waals surface area (Å²) in [5.41, 5.74) is 0. The van der Waals surface area contributed by atoms with Gasteiger partial charge in [0, 0.05) is 13.1 Å². The predicted molar refractivity (Wildman–Crippen MR) is 230 cm³/mol. The molecule has 2 N–H and O–H groups in total. The van der Waals surface area contributed by atoms with E-state index in [0.29, 0.717) is 0 Å². The fraction of sp³-hybridized carbons (Fsp3) is 1.00. The van der Waals surface area contributed by atoms with E-state index in [1.807, 2.05) is 0 Å². The number of hydrogen-bond acceptors (Lipinski definition) is 3. The van der Waals surface area contributed by atoms with Crippen LogP contribution in [0, 0.1) is 0 Å². The third-order valence-electron chi connectivity index (χ3n) is 11.5. The Morgan fingerprint density at radius 2 is 0.471 bits per heavy atom. The van der Waals surface area contributed by atoms with Crippen molar-refractivity contribution in [3.8, 4) is 0 Å². The van der Waals surface area contributed by atoms with E-state index in [1.165, 1.54) is 231 Å². The lowest BCUT2D eigenvalue weighted by atomic mass is 10.0. The van der Waals surface area contributed by atoms with Crippen LogP contribution in [0.1, 0.15) is 278 Å². The molecule has 0 aromatic rings. The molecular formula is C48H99NO2. The molecule has 0 aliphatic rings. The molecule has 0 fully saturated rings. The lowest BCUT2D eigenvalue weighted by Crippen LogP contribution is -2.38. The van der Waals surface area contributed by atoms with Crippen molar-refractivity contribution >= 4 is 0 Å². The van der Waals surface area contributed by atoms with Gasteiger partial charge >= 0.3 is 0 Å².